The van der Waals surface area contributed by atoms with E-state index in [-0.39, 0.29) is 11.9 Å². The molecule has 6 nitrogen and oxygen atoms in total. The molecule has 22 heavy (non-hydrogen) atoms. The molecule has 0 amide bonds. The normalized spacial score (nSPS) is 13.1. The van der Waals surface area contributed by atoms with Gasteiger partial charge in [-0.3, -0.25) is 4.79 Å². The van der Waals surface area contributed by atoms with E-state index in [4.69, 9.17) is 23.1 Å². The molecule has 0 fully saturated rings. The predicted molar refractivity (Wildman–Crippen MR) is 87.1 cm³/mol. The Bertz CT molecular complexity index is 277. The first-order valence-electron chi connectivity index (χ1n) is 7.91. The Labute approximate surface area is 135 Å². The molecule has 0 bridgehead atoms. The first-order chi connectivity index (χ1) is 10.5. The van der Waals surface area contributed by atoms with Crippen molar-refractivity contribution in [3.63, 3.8) is 0 Å². The summed E-state index contributed by atoms with van der Waals surface area (Å²) in [7, 11) is 1.000. The van der Waals surface area contributed by atoms with Gasteiger partial charge in [0.15, 0.2) is 0 Å². The third-order valence-electron chi connectivity index (χ3n) is 3.42. The third kappa shape index (κ3) is 10.3. The van der Waals surface area contributed by atoms with E-state index >= 15 is 0 Å². The van der Waals surface area contributed by atoms with E-state index in [0.29, 0.717) is 33.0 Å². The zero-order valence-corrected chi connectivity index (χ0v) is 15.7. The standard InChI is InChI=1S/C15H32O6Si/c1-6-14(2)15(16)19-8-7-13-22(5,20-11-9-17-3)21-12-10-18-4/h14H,6-13H2,1-5H3. The van der Waals surface area contributed by atoms with E-state index in [1.54, 1.807) is 14.2 Å². The average Bonchev–Trinajstić information content (AvgIpc) is 2.51. The van der Waals surface area contributed by atoms with Gasteiger partial charge in [-0.05, 0) is 25.4 Å². The molecule has 1 atom stereocenters. The van der Waals surface area contributed by atoms with E-state index in [1.165, 1.54) is 0 Å². The van der Waals surface area contributed by atoms with Gasteiger partial charge in [-0.2, -0.15) is 0 Å². The number of rotatable bonds is 14. The summed E-state index contributed by atoms with van der Waals surface area (Å²) < 4.78 is 27.1. The number of ether oxygens (including phenoxy) is 3. The van der Waals surface area contributed by atoms with Crippen LogP contribution >= 0.6 is 0 Å². The molecule has 0 aromatic heterocycles. The second-order valence-electron chi connectivity index (χ2n) is 5.40. The lowest BCUT2D eigenvalue weighted by atomic mass is 10.1. The zero-order valence-electron chi connectivity index (χ0n) is 14.7. The minimum atomic E-state index is -2.28. The fourth-order valence-corrected chi connectivity index (χ4v) is 3.93. The maximum atomic E-state index is 11.6. The van der Waals surface area contributed by atoms with Gasteiger partial charge in [0.1, 0.15) is 0 Å². The van der Waals surface area contributed by atoms with Crippen LogP contribution in [-0.2, 0) is 27.9 Å². The molecule has 0 saturated carbocycles. The van der Waals surface area contributed by atoms with E-state index in [1.807, 2.05) is 20.4 Å². The maximum Gasteiger partial charge on any atom is 0.335 e. The number of carbonyl (C=O) groups excluding carboxylic acids is 1. The molecule has 0 aliphatic carbocycles. The van der Waals surface area contributed by atoms with Crippen LogP contribution in [0.2, 0.25) is 12.6 Å². The molecule has 0 radical (unpaired) electrons. The highest BCUT2D eigenvalue weighted by atomic mass is 28.4. The highest BCUT2D eigenvalue weighted by Crippen LogP contribution is 2.16. The van der Waals surface area contributed by atoms with Crippen LogP contribution in [0.15, 0.2) is 0 Å². The SMILES string of the molecule is CCC(C)C(=O)OCCC[Si](C)(OCCOC)OCCOC. The summed E-state index contributed by atoms with van der Waals surface area (Å²) in [5, 5.41) is 0. The molecule has 0 heterocycles. The van der Waals surface area contributed by atoms with Crippen molar-refractivity contribution in [2.24, 2.45) is 5.92 Å². The van der Waals surface area contributed by atoms with Crippen molar-refractivity contribution in [1.29, 1.82) is 0 Å². The summed E-state index contributed by atoms with van der Waals surface area (Å²) in [6, 6.07) is 0.772. The van der Waals surface area contributed by atoms with E-state index in [0.717, 1.165) is 18.9 Å². The first kappa shape index (κ1) is 21.5. The summed E-state index contributed by atoms with van der Waals surface area (Å²) >= 11 is 0. The molecule has 1 unspecified atom stereocenters. The Kier molecular flexibility index (Phi) is 12.7. The summed E-state index contributed by atoms with van der Waals surface area (Å²) in [5.41, 5.74) is 0. The van der Waals surface area contributed by atoms with Gasteiger partial charge in [-0.15, -0.1) is 0 Å². The highest BCUT2D eigenvalue weighted by Gasteiger charge is 2.31. The minimum Gasteiger partial charge on any atom is -0.465 e. The molecular formula is C15H32O6Si. The second-order valence-corrected chi connectivity index (χ2v) is 8.74. The monoisotopic (exact) mass is 336 g/mol. The van der Waals surface area contributed by atoms with Gasteiger partial charge in [0.05, 0.1) is 39.0 Å². The topological polar surface area (TPSA) is 63.2 Å². The highest BCUT2D eigenvalue weighted by molar-refractivity contribution is 6.66. The van der Waals surface area contributed by atoms with E-state index < -0.39 is 8.56 Å². The van der Waals surface area contributed by atoms with Crippen LogP contribution in [0, 0.1) is 5.92 Å². The Morgan fingerprint density at radius 3 is 2.00 bits per heavy atom. The second kappa shape index (κ2) is 13.0. The molecule has 0 saturated heterocycles. The van der Waals surface area contributed by atoms with Gasteiger partial charge in [-0.25, -0.2) is 0 Å². The van der Waals surface area contributed by atoms with Gasteiger partial charge in [0.2, 0.25) is 0 Å². The van der Waals surface area contributed by atoms with Crippen molar-refractivity contribution in [2.45, 2.75) is 39.3 Å². The smallest absolute Gasteiger partial charge is 0.335 e. The van der Waals surface area contributed by atoms with E-state index in [2.05, 4.69) is 0 Å². The molecule has 0 aliphatic heterocycles. The summed E-state index contributed by atoms with van der Waals surface area (Å²) in [6.45, 7) is 8.39. The van der Waals surface area contributed by atoms with Crippen LogP contribution in [0.25, 0.3) is 0 Å². The van der Waals surface area contributed by atoms with Crippen LogP contribution in [0.3, 0.4) is 0 Å². The third-order valence-corrected chi connectivity index (χ3v) is 6.32. The van der Waals surface area contributed by atoms with Crippen molar-refractivity contribution < 1.29 is 27.9 Å². The largest absolute Gasteiger partial charge is 0.465 e. The van der Waals surface area contributed by atoms with Gasteiger partial charge in [-0.1, -0.05) is 13.8 Å². The maximum absolute atomic E-state index is 11.6. The number of esters is 1. The molecule has 7 heteroatoms. The Balaban J connectivity index is 4.12. The Morgan fingerprint density at radius 2 is 1.55 bits per heavy atom. The molecule has 0 rings (SSSR count). The quantitative estimate of drug-likeness (QED) is 0.276. The fraction of sp³-hybridized carbons (Fsp3) is 0.933. The Morgan fingerprint density at radius 1 is 1.00 bits per heavy atom. The number of methoxy groups -OCH3 is 2. The van der Waals surface area contributed by atoms with Gasteiger partial charge in [0, 0.05) is 14.2 Å². The van der Waals surface area contributed by atoms with Crippen LogP contribution in [0.4, 0.5) is 0 Å². The fourth-order valence-electron chi connectivity index (χ4n) is 1.74. The summed E-state index contributed by atoms with van der Waals surface area (Å²) in [4.78, 5) is 11.6. The lowest BCUT2D eigenvalue weighted by Gasteiger charge is -2.27. The lowest BCUT2D eigenvalue weighted by molar-refractivity contribution is -0.148. The van der Waals surface area contributed by atoms with Crippen LogP contribution in [0.1, 0.15) is 26.7 Å². The molecular weight excluding hydrogens is 304 g/mol. The predicted octanol–water partition coefficient (Wildman–Crippen LogP) is 2.36. The molecule has 0 aliphatic rings. The van der Waals surface area contributed by atoms with E-state index in [9.17, 15) is 4.79 Å². The summed E-state index contributed by atoms with van der Waals surface area (Å²) in [6.07, 6.45) is 1.54. The number of hydrogen-bond donors (Lipinski definition) is 0. The van der Waals surface area contributed by atoms with Crippen molar-refractivity contribution in [3.8, 4) is 0 Å². The molecule has 0 N–H and O–H groups in total. The van der Waals surface area contributed by atoms with Gasteiger partial charge >= 0.3 is 14.5 Å². The molecule has 0 spiro atoms. The zero-order chi connectivity index (χ0) is 16.8. The molecule has 132 valence electrons. The van der Waals surface area contributed by atoms with Crippen LogP contribution < -0.4 is 0 Å². The average molecular weight is 337 g/mol. The first-order valence-corrected chi connectivity index (χ1v) is 10.4. The number of hydrogen-bond acceptors (Lipinski definition) is 6. The minimum absolute atomic E-state index is 0.0421. The Hall–Kier alpha value is -0.473. The van der Waals surface area contributed by atoms with Crippen molar-refractivity contribution in [3.05, 3.63) is 0 Å². The van der Waals surface area contributed by atoms with Crippen molar-refractivity contribution >= 4 is 14.5 Å². The van der Waals surface area contributed by atoms with Crippen LogP contribution in [0.5, 0.6) is 0 Å². The number of carbonyl (C=O) groups is 1. The van der Waals surface area contributed by atoms with Gasteiger partial charge in [0.25, 0.3) is 0 Å². The van der Waals surface area contributed by atoms with Crippen molar-refractivity contribution in [2.75, 3.05) is 47.3 Å². The summed E-state index contributed by atoms with van der Waals surface area (Å²) in [5.74, 6) is -0.175. The molecule has 0 aromatic carbocycles. The lowest BCUT2D eigenvalue weighted by Crippen LogP contribution is -2.40. The van der Waals surface area contributed by atoms with Crippen molar-refractivity contribution in [1.82, 2.24) is 0 Å². The van der Waals surface area contributed by atoms with Gasteiger partial charge < -0.3 is 23.1 Å². The molecule has 0 aromatic rings. The van der Waals surface area contributed by atoms with Crippen LogP contribution in [-0.4, -0.2) is 61.8 Å².